The minimum absolute atomic E-state index is 0.00751. The van der Waals surface area contributed by atoms with E-state index in [0.29, 0.717) is 19.6 Å². The molecule has 0 aromatic carbocycles. The Labute approximate surface area is 187 Å². The SMILES string of the molecule is CCCCCCCCCCCCCCCCCC(=O)OC(CCCC)COCCO. The first-order valence-corrected chi connectivity index (χ1v) is 13.1. The minimum Gasteiger partial charge on any atom is -0.460 e. The van der Waals surface area contributed by atoms with Crippen molar-refractivity contribution in [3.8, 4) is 0 Å². The Bertz CT molecular complexity index is 346. The molecule has 4 nitrogen and oxygen atoms in total. The molecule has 0 amide bonds. The lowest BCUT2D eigenvalue weighted by atomic mass is 10.0. The van der Waals surface area contributed by atoms with Gasteiger partial charge in [-0.15, -0.1) is 0 Å². The van der Waals surface area contributed by atoms with Crippen LogP contribution in [0.5, 0.6) is 0 Å². The van der Waals surface area contributed by atoms with Crippen molar-refractivity contribution in [2.75, 3.05) is 19.8 Å². The minimum atomic E-state index is -0.166. The molecular weight excluding hydrogens is 376 g/mol. The smallest absolute Gasteiger partial charge is 0.306 e. The number of hydrogen-bond acceptors (Lipinski definition) is 4. The van der Waals surface area contributed by atoms with Crippen LogP contribution < -0.4 is 0 Å². The third-order valence-corrected chi connectivity index (χ3v) is 5.70. The molecule has 0 aliphatic heterocycles. The summed E-state index contributed by atoms with van der Waals surface area (Å²) in [4.78, 5) is 12.1. The van der Waals surface area contributed by atoms with Crippen LogP contribution in [0, 0.1) is 0 Å². The number of hydrogen-bond donors (Lipinski definition) is 1. The van der Waals surface area contributed by atoms with Crippen LogP contribution in [0.2, 0.25) is 0 Å². The van der Waals surface area contributed by atoms with E-state index in [2.05, 4.69) is 13.8 Å². The Hall–Kier alpha value is -0.610. The van der Waals surface area contributed by atoms with Gasteiger partial charge in [-0.25, -0.2) is 0 Å². The second kappa shape index (κ2) is 24.7. The van der Waals surface area contributed by atoms with Crippen LogP contribution in [0.25, 0.3) is 0 Å². The third-order valence-electron chi connectivity index (χ3n) is 5.70. The van der Waals surface area contributed by atoms with Crippen molar-refractivity contribution in [3.63, 3.8) is 0 Å². The van der Waals surface area contributed by atoms with Gasteiger partial charge in [0.15, 0.2) is 0 Å². The molecule has 0 aromatic rings. The number of carbonyl (C=O) groups is 1. The van der Waals surface area contributed by atoms with Gasteiger partial charge in [0, 0.05) is 6.42 Å². The average molecular weight is 429 g/mol. The molecule has 0 bridgehead atoms. The maximum absolute atomic E-state index is 12.1. The Kier molecular flexibility index (Phi) is 24.2. The van der Waals surface area contributed by atoms with Crippen molar-refractivity contribution in [1.29, 1.82) is 0 Å². The fourth-order valence-electron chi connectivity index (χ4n) is 3.77. The predicted molar refractivity (Wildman–Crippen MR) is 127 cm³/mol. The van der Waals surface area contributed by atoms with Crippen LogP contribution in [0.4, 0.5) is 0 Å². The highest BCUT2D eigenvalue weighted by molar-refractivity contribution is 5.69. The number of rotatable bonds is 24. The van der Waals surface area contributed by atoms with Gasteiger partial charge in [0.1, 0.15) is 6.10 Å². The van der Waals surface area contributed by atoms with E-state index in [1.807, 2.05) is 0 Å². The highest BCUT2D eigenvalue weighted by atomic mass is 16.6. The summed E-state index contributed by atoms with van der Waals surface area (Å²) >= 11 is 0. The van der Waals surface area contributed by atoms with Gasteiger partial charge in [-0.2, -0.15) is 0 Å². The van der Waals surface area contributed by atoms with Gasteiger partial charge in [-0.3, -0.25) is 4.79 Å². The molecule has 0 aromatic heterocycles. The third kappa shape index (κ3) is 22.1. The van der Waals surface area contributed by atoms with Crippen LogP contribution in [-0.2, 0) is 14.3 Å². The van der Waals surface area contributed by atoms with Gasteiger partial charge in [-0.1, -0.05) is 110 Å². The molecule has 1 atom stereocenters. The lowest BCUT2D eigenvalue weighted by Gasteiger charge is -2.17. The molecule has 1 unspecified atom stereocenters. The number of aliphatic hydroxyl groups excluding tert-OH is 1. The summed E-state index contributed by atoms with van der Waals surface area (Å²) < 4.78 is 10.9. The zero-order valence-corrected chi connectivity index (χ0v) is 20.3. The number of carbonyl (C=O) groups excluding carboxylic acids is 1. The van der Waals surface area contributed by atoms with Crippen molar-refractivity contribution in [2.45, 2.75) is 142 Å². The molecule has 180 valence electrons. The molecule has 0 fully saturated rings. The van der Waals surface area contributed by atoms with Gasteiger partial charge in [0.05, 0.1) is 19.8 Å². The molecule has 0 spiro atoms. The zero-order valence-electron chi connectivity index (χ0n) is 20.3. The number of esters is 1. The van der Waals surface area contributed by atoms with Crippen molar-refractivity contribution < 1.29 is 19.4 Å². The molecule has 4 heteroatoms. The summed E-state index contributed by atoms with van der Waals surface area (Å²) in [6, 6.07) is 0. The lowest BCUT2D eigenvalue weighted by Crippen LogP contribution is -2.24. The molecule has 0 saturated heterocycles. The summed E-state index contributed by atoms with van der Waals surface area (Å²) in [6.07, 6.45) is 23.2. The fourth-order valence-corrected chi connectivity index (χ4v) is 3.77. The van der Waals surface area contributed by atoms with E-state index in [1.54, 1.807) is 0 Å². The average Bonchev–Trinajstić information content (AvgIpc) is 2.74. The Balaban J connectivity index is 3.45. The van der Waals surface area contributed by atoms with Crippen molar-refractivity contribution >= 4 is 5.97 Å². The summed E-state index contributed by atoms with van der Waals surface area (Å²) in [5, 5.41) is 8.81. The quantitative estimate of drug-likeness (QED) is 0.129. The molecule has 0 heterocycles. The second-order valence-corrected chi connectivity index (χ2v) is 8.75. The van der Waals surface area contributed by atoms with Crippen molar-refractivity contribution in [3.05, 3.63) is 0 Å². The first kappa shape index (κ1) is 29.4. The van der Waals surface area contributed by atoms with Crippen LogP contribution in [0.1, 0.15) is 136 Å². The molecule has 1 N–H and O–H groups in total. The van der Waals surface area contributed by atoms with Crippen LogP contribution in [0.15, 0.2) is 0 Å². The highest BCUT2D eigenvalue weighted by Crippen LogP contribution is 2.14. The standard InChI is InChI=1S/C26H52O4/c1-3-5-7-8-9-10-11-12-13-14-15-16-17-18-19-21-26(28)30-25(20-6-4-2)24-29-23-22-27/h25,27H,3-24H2,1-2H3. The fraction of sp³-hybridized carbons (Fsp3) is 0.962. The van der Waals surface area contributed by atoms with E-state index in [1.165, 1.54) is 83.5 Å². The summed E-state index contributed by atoms with van der Waals surface area (Å²) in [5.74, 6) is -0.0987. The lowest BCUT2D eigenvalue weighted by molar-refractivity contribution is -0.153. The number of unbranched alkanes of at least 4 members (excludes halogenated alkanes) is 15. The van der Waals surface area contributed by atoms with Crippen molar-refractivity contribution in [1.82, 2.24) is 0 Å². The van der Waals surface area contributed by atoms with Crippen LogP contribution in [-0.4, -0.2) is 37.0 Å². The Morgan fingerprint density at radius 3 is 1.63 bits per heavy atom. The molecule has 0 rings (SSSR count). The van der Waals surface area contributed by atoms with Gasteiger partial charge in [0.25, 0.3) is 0 Å². The van der Waals surface area contributed by atoms with E-state index in [4.69, 9.17) is 14.6 Å². The van der Waals surface area contributed by atoms with Gasteiger partial charge >= 0.3 is 5.97 Å². The highest BCUT2D eigenvalue weighted by Gasteiger charge is 2.14. The molecule has 0 saturated carbocycles. The topological polar surface area (TPSA) is 55.8 Å². The molecule has 30 heavy (non-hydrogen) atoms. The Morgan fingerprint density at radius 1 is 0.700 bits per heavy atom. The van der Waals surface area contributed by atoms with Gasteiger partial charge in [0.2, 0.25) is 0 Å². The first-order valence-electron chi connectivity index (χ1n) is 13.1. The van der Waals surface area contributed by atoms with E-state index in [9.17, 15) is 4.79 Å². The number of aliphatic hydroxyl groups is 1. The monoisotopic (exact) mass is 428 g/mol. The van der Waals surface area contributed by atoms with Gasteiger partial charge in [-0.05, 0) is 19.3 Å². The second-order valence-electron chi connectivity index (χ2n) is 8.75. The van der Waals surface area contributed by atoms with E-state index < -0.39 is 0 Å². The maximum atomic E-state index is 12.1. The van der Waals surface area contributed by atoms with Crippen molar-refractivity contribution in [2.24, 2.45) is 0 Å². The van der Waals surface area contributed by atoms with E-state index >= 15 is 0 Å². The zero-order chi connectivity index (χ0) is 22.1. The largest absolute Gasteiger partial charge is 0.460 e. The maximum Gasteiger partial charge on any atom is 0.306 e. The van der Waals surface area contributed by atoms with E-state index in [0.717, 1.165) is 32.1 Å². The first-order chi connectivity index (χ1) is 14.7. The summed E-state index contributed by atoms with van der Waals surface area (Å²) in [6.45, 7) is 5.11. The van der Waals surface area contributed by atoms with Crippen LogP contribution in [0.3, 0.4) is 0 Å². The normalized spacial score (nSPS) is 12.2. The molecular formula is C26H52O4. The molecule has 0 radical (unpaired) electrons. The van der Waals surface area contributed by atoms with Crippen LogP contribution >= 0.6 is 0 Å². The summed E-state index contributed by atoms with van der Waals surface area (Å²) in [5.41, 5.74) is 0. The molecule has 0 aliphatic rings. The van der Waals surface area contributed by atoms with Gasteiger partial charge < -0.3 is 14.6 Å². The molecule has 0 aliphatic carbocycles. The number of ether oxygens (including phenoxy) is 2. The Morgan fingerprint density at radius 2 is 1.17 bits per heavy atom. The summed E-state index contributed by atoms with van der Waals surface area (Å²) in [7, 11) is 0. The van der Waals surface area contributed by atoms with E-state index in [-0.39, 0.29) is 18.7 Å². The predicted octanol–water partition coefficient (Wildman–Crippen LogP) is 7.36.